The number of aromatic amines is 2. The summed E-state index contributed by atoms with van der Waals surface area (Å²) in [6.45, 7) is 0. The topological polar surface area (TPSA) is 85.9 Å². The maximum atomic E-state index is 11.4. The van der Waals surface area contributed by atoms with Crippen molar-refractivity contribution < 1.29 is 5.11 Å². The number of aromatic hydroxyl groups is 1. The highest BCUT2D eigenvalue weighted by Crippen LogP contribution is 2.12. The van der Waals surface area contributed by atoms with Crippen molar-refractivity contribution in [2.24, 2.45) is 0 Å². The zero-order valence-corrected chi connectivity index (χ0v) is 9.13. The number of thiophene rings is 1. The van der Waals surface area contributed by atoms with Crippen LogP contribution < -0.4 is 11.2 Å². The van der Waals surface area contributed by atoms with Gasteiger partial charge in [-0.2, -0.15) is 11.3 Å². The van der Waals surface area contributed by atoms with E-state index in [0.717, 1.165) is 5.56 Å². The Morgan fingerprint density at radius 2 is 2.06 bits per heavy atom. The van der Waals surface area contributed by atoms with Gasteiger partial charge in [-0.1, -0.05) is 0 Å². The zero-order chi connectivity index (χ0) is 11.5. The van der Waals surface area contributed by atoms with Crippen LogP contribution >= 0.6 is 11.3 Å². The molecule has 5 nitrogen and oxygen atoms in total. The monoisotopic (exact) mass is 238 g/mol. The van der Waals surface area contributed by atoms with Crippen LogP contribution in [0.1, 0.15) is 11.1 Å². The molecule has 2 aromatic rings. The van der Waals surface area contributed by atoms with E-state index < -0.39 is 11.2 Å². The van der Waals surface area contributed by atoms with E-state index in [2.05, 4.69) is 9.97 Å². The molecule has 0 aromatic carbocycles. The number of hydrogen-bond acceptors (Lipinski definition) is 4. The average molecular weight is 238 g/mol. The van der Waals surface area contributed by atoms with Gasteiger partial charge in [0.15, 0.2) is 0 Å². The Morgan fingerprint density at radius 1 is 1.25 bits per heavy atom. The van der Waals surface area contributed by atoms with Gasteiger partial charge in [0.25, 0.3) is 5.56 Å². The van der Waals surface area contributed by atoms with Crippen LogP contribution in [0, 0.1) is 0 Å². The third kappa shape index (κ3) is 2.22. The summed E-state index contributed by atoms with van der Waals surface area (Å²) in [5.74, 6) is -0.344. The van der Waals surface area contributed by atoms with E-state index >= 15 is 0 Å². The van der Waals surface area contributed by atoms with Crippen LogP contribution in [0.4, 0.5) is 0 Å². The molecule has 2 heterocycles. The van der Waals surface area contributed by atoms with E-state index in [1.807, 2.05) is 16.8 Å². The second kappa shape index (κ2) is 4.36. The van der Waals surface area contributed by atoms with Crippen molar-refractivity contribution in [3.05, 3.63) is 48.8 Å². The first-order chi connectivity index (χ1) is 7.66. The quantitative estimate of drug-likeness (QED) is 0.732. The van der Waals surface area contributed by atoms with Crippen molar-refractivity contribution in [1.29, 1.82) is 0 Å². The number of nitrogens with one attached hydrogen (secondary N) is 2. The van der Waals surface area contributed by atoms with Crippen LogP contribution in [-0.2, 0) is 12.8 Å². The van der Waals surface area contributed by atoms with Crippen molar-refractivity contribution in [3.63, 3.8) is 0 Å². The molecule has 0 unspecified atom stereocenters. The van der Waals surface area contributed by atoms with Crippen molar-refractivity contribution in [1.82, 2.24) is 9.97 Å². The summed E-state index contributed by atoms with van der Waals surface area (Å²) in [6, 6.07) is 1.96. The second-order valence-corrected chi connectivity index (χ2v) is 4.15. The highest BCUT2D eigenvalue weighted by molar-refractivity contribution is 7.07. The fourth-order valence-electron chi connectivity index (χ4n) is 1.44. The van der Waals surface area contributed by atoms with Crippen LogP contribution in [0.5, 0.6) is 5.88 Å². The van der Waals surface area contributed by atoms with Gasteiger partial charge < -0.3 is 5.11 Å². The van der Waals surface area contributed by atoms with Crippen molar-refractivity contribution >= 4 is 11.3 Å². The normalized spacial score (nSPS) is 10.5. The van der Waals surface area contributed by atoms with E-state index in [1.54, 1.807) is 11.3 Å². The Morgan fingerprint density at radius 3 is 2.69 bits per heavy atom. The highest BCUT2D eigenvalue weighted by atomic mass is 32.1. The third-order valence-corrected chi connectivity index (χ3v) is 2.99. The van der Waals surface area contributed by atoms with E-state index in [1.165, 1.54) is 0 Å². The van der Waals surface area contributed by atoms with Crippen LogP contribution in [0.2, 0.25) is 0 Å². The van der Waals surface area contributed by atoms with Crippen LogP contribution in [0.3, 0.4) is 0 Å². The Hall–Kier alpha value is -1.82. The van der Waals surface area contributed by atoms with Crippen molar-refractivity contribution in [2.75, 3.05) is 0 Å². The van der Waals surface area contributed by atoms with E-state index in [4.69, 9.17) is 0 Å². The predicted octanol–water partition coefficient (Wildman–Crippen LogP) is 0.616. The first-order valence-electron chi connectivity index (χ1n) is 4.72. The first kappa shape index (κ1) is 10.7. The molecule has 3 N–H and O–H groups in total. The maximum absolute atomic E-state index is 11.4. The number of aromatic nitrogens is 2. The Labute approximate surface area is 94.4 Å². The molecule has 0 fully saturated rings. The minimum Gasteiger partial charge on any atom is -0.494 e. The lowest BCUT2D eigenvalue weighted by Gasteiger charge is -2.01. The Bertz CT molecular complexity index is 583. The molecule has 16 heavy (non-hydrogen) atoms. The molecule has 0 bridgehead atoms. The molecule has 2 aromatic heterocycles. The molecule has 0 saturated carbocycles. The van der Waals surface area contributed by atoms with Gasteiger partial charge in [-0.05, 0) is 35.2 Å². The lowest BCUT2D eigenvalue weighted by molar-refractivity contribution is 0.440. The Balaban J connectivity index is 2.22. The van der Waals surface area contributed by atoms with E-state index in [0.29, 0.717) is 12.8 Å². The number of H-pyrrole nitrogens is 2. The molecular formula is C10H10N2O3S. The van der Waals surface area contributed by atoms with Gasteiger partial charge in [-0.15, -0.1) is 0 Å². The molecule has 6 heteroatoms. The molecule has 0 amide bonds. The van der Waals surface area contributed by atoms with E-state index in [-0.39, 0.29) is 11.4 Å². The molecule has 2 rings (SSSR count). The summed E-state index contributed by atoms with van der Waals surface area (Å²) in [5.41, 5.74) is 0.0964. The van der Waals surface area contributed by atoms with Crippen LogP contribution in [0.15, 0.2) is 26.4 Å². The Kier molecular flexibility index (Phi) is 2.91. The smallest absolute Gasteiger partial charge is 0.328 e. The molecule has 0 spiro atoms. The number of rotatable bonds is 3. The van der Waals surface area contributed by atoms with Gasteiger partial charge in [0.05, 0.1) is 5.56 Å². The zero-order valence-electron chi connectivity index (χ0n) is 8.32. The molecule has 0 aliphatic carbocycles. The summed E-state index contributed by atoms with van der Waals surface area (Å²) in [6.07, 6.45) is 1.06. The average Bonchev–Trinajstić information content (AvgIpc) is 2.68. The minimum atomic E-state index is -0.693. The molecule has 0 aliphatic heterocycles. The summed E-state index contributed by atoms with van der Waals surface area (Å²) < 4.78 is 0. The first-order valence-corrected chi connectivity index (χ1v) is 5.66. The van der Waals surface area contributed by atoms with Crippen LogP contribution in [0.25, 0.3) is 0 Å². The van der Waals surface area contributed by atoms with E-state index in [9.17, 15) is 14.7 Å². The van der Waals surface area contributed by atoms with Gasteiger partial charge >= 0.3 is 5.69 Å². The minimum absolute atomic E-state index is 0.214. The largest absolute Gasteiger partial charge is 0.494 e. The lowest BCUT2D eigenvalue weighted by atomic mass is 10.1. The predicted molar refractivity (Wildman–Crippen MR) is 61.1 cm³/mol. The fraction of sp³-hybridized carbons (Fsp3) is 0.200. The second-order valence-electron chi connectivity index (χ2n) is 3.37. The summed E-state index contributed by atoms with van der Waals surface area (Å²) >= 11 is 1.58. The van der Waals surface area contributed by atoms with Crippen molar-refractivity contribution in [3.8, 4) is 5.88 Å². The molecule has 0 atom stereocenters. The highest BCUT2D eigenvalue weighted by Gasteiger charge is 2.08. The van der Waals surface area contributed by atoms with Gasteiger partial charge in [0.2, 0.25) is 5.88 Å². The maximum Gasteiger partial charge on any atom is 0.328 e. The molecule has 84 valence electrons. The third-order valence-electron chi connectivity index (χ3n) is 2.26. The van der Waals surface area contributed by atoms with Gasteiger partial charge in [-0.3, -0.25) is 14.8 Å². The number of hydrogen-bond donors (Lipinski definition) is 3. The summed E-state index contributed by atoms with van der Waals surface area (Å²) in [4.78, 5) is 26.5. The lowest BCUT2D eigenvalue weighted by Crippen LogP contribution is -2.25. The summed E-state index contributed by atoms with van der Waals surface area (Å²) in [5, 5.41) is 13.4. The van der Waals surface area contributed by atoms with Gasteiger partial charge in [0, 0.05) is 0 Å². The van der Waals surface area contributed by atoms with Gasteiger partial charge in [0.1, 0.15) is 0 Å². The molecule has 0 radical (unpaired) electrons. The fourth-order valence-corrected chi connectivity index (χ4v) is 2.14. The summed E-state index contributed by atoms with van der Waals surface area (Å²) in [7, 11) is 0. The standard InChI is InChI=1S/C10H10N2O3S/c13-8-7(9(14)12-10(15)11-8)2-1-6-3-4-16-5-6/h3-5H,1-2H2,(H3,11,12,13,14,15). The van der Waals surface area contributed by atoms with Gasteiger partial charge in [-0.25, -0.2) is 4.79 Å². The molecular weight excluding hydrogens is 228 g/mol. The van der Waals surface area contributed by atoms with Crippen molar-refractivity contribution in [2.45, 2.75) is 12.8 Å². The SMILES string of the molecule is O=c1[nH]c(O)c(CCc2ccsc2)c(=O)[nH]1. The number of aryl methyl sites for hydroxylation is 1. The molecule has 0 saturated heterocycles. The van der Waals surface area contributed by atoms with Crippen LogP contribution in [-0.4, -0.2) is 15.1 Å². The molecule has 0 aliphatic rings.